The first kappa shape index (κ1) is 35.7. The van der Waals surface area contributed by atoms with E-state index in [-0.39, 0.29) is 34.7 Å². The molecule has 0 bridgehead atoms. The monoisotopic (exact) mass is 685 g/mol. The number of aromatic nitrogens is 2. The van der Waals surface area contributed by atoms with E-state index in [2.05, 4.69) is 26.1 Å². The zero-order chi connectivity index (χ0) is 36.1. The Hall–Kier alpha value is -5.59. The zero-order valence-corrected chi connectivity index (χ0v) is 29.6. The van der Waals surface area contributed by atoms with Gasteiger partial charge in [0.1, 0.15) is 11.8 Å². The third-order valence-corrected chi connectivity index (χ3v) is 8.95. The maximum atomic E-state index is 14.0. The zero-order valence-electron chi connectivity index (χ0n) is 29.6. The average Bonchev–Trinajstić information content (AvgIpc) is 3.41. The second-order valence-corrected chi connectivity index (χ2v) is 12.1. The van der Waals surface area contributed by atoms with E-state index in [1.54, 1.807) is 45.4 Å². The van der Waals surface area contributed by atoms with Gasteiger partial charge >= 0.3 is 0 Å². The average molecular weight is 686 g/mol. The van der Waals surface area contributed by atoms with Crippen LogP contribution >= 0.6 is 0 Å². The number of hydrogen-bond donors (Lipinski definition) is 3. The van der Waals surface area contributed by atoms with Crippen molar-refractivity contribution < 1.29 is 33.0 Å². The number of rotatable bonds is 12. The van der Waals surface area contributed by atoms with Crippen molar-refractivity contribution in [3.05, 3.63) is 69.7 Å². The number of amides is 2. The number of ether oxygens (including phenoxy) is 4. The van der Waals surface area contributed by atoms with E-state index in [4.69, 9.17) is 23.4 Å². The van der Waals surface area contributed by atoms with Crippen molar-refractivity contribution in [2.45, 2.75) is 59.0 Å². The summed E-state index contributed by atoms with van der Waals surface area (Å²) in [6.07, 6.45) is 1.75. The van der Waals surface area contributed by atoms with E-state index in [0.717, 1.165) is 11.1 Å². The molecule has 4 aromatic rings. The third kappa shape index (κ3) is 7.21. The van der Waals surface area contributed by atoms with Gasteiger partial charge in [0.05, 0.1) is 45.7 Å². The summed E-state index contributed by atoms with van der Waals surface area (Å²) in [6.45, 7) is 7.05. The standard InChI is InChI=1S/C37H43N5O8/c1-9-19(2)33(36(45)39-23-11-15-30(46-5)26(17-23)37-42-41-21(4)50-37)40-28-14-12-24-25(18-29(28)44)27(38-20(3)43)13-10-22-16-31(47-6)34(48-7)35(49-8)32(22)24/h11-12,14-19,27,33H,9-10,13H2,1-8H3,(H,38,43)(H,39,45)(H,40,44). The number of methoxy groups -OCH3 is 4. The van der Waals surface area contributed by atoms with Crippen molar-refractivity contribution in [1.29, 1.82) is 0 Å². The van der Waals surface area contributed by atoms with Gasteiger partial charge in [0.25, 0.3) is 5.89 Å². The third-order valence-electron chi connectivity index (χ3n) is 8.95. The summed E-state index contributed by atoms with van der Waals surface area (Å²) in [7, 11) is 6.17. The minimum atomic E-state index is -0.788. The number of carbonyl (C=O) groups is 2. The summed E-state index contributed by atoms with van der Waals surface area (Å²) in [5.74, 6) is 1.78. The second kappa shape index (κ2) is 15.3. The van der Waals surface area contributed by atoms with Crippen LogP contribution in [0, 0.1) is 12.8 Å². The molecular formula is C37H43N5O8. The lowest BCUT2D eigenvalue weighted by Gasteiger charge is -2.24. The fourth-order valence-corrected chi connectivity index (χ4v) is 6.27. The topological polar surface area (TPSA) is 163 Å². The van der Waals surface area contributed by atoms with Crippen LogP contribution in [0.5, 0.6) is 23.0 Å². The predicted octanol–water partition coefficient (Wildman–Crippen LogP) is 5.70. The van der Waals surface area contributed by atoms with E-state index in [9.17, 15) is 14.4 Å². The minimum Gasteiger partial charge on any atom is -0.496 e. The fraction of sp³-hybridized carbons (Fsp3) is 0.378. The van der Waals surface area contributed by atoms with E-state index in [1.165, 1.54) is 27.2 Å². The van der Waals surface area contributed by atoms with Crippen LogP contribution in [0.15, 0.2) is 51.7 Å². The quantitative estimate of drug-likeness (QED) is 0.168. The second-order valence-electron chi connectivity index (χ2n) is 12.1. The number of hydrogen-bond acceptors (Lipinski definition) is 11. The molecule has 0 aliphatic heterocycles. The van der Waals surface area contributed by atoms with Crippen LogP contribution in [0.4, 0.5) is 11.4 Å². The number of aryl methyl sites for hydroxylation is 2. The van der Waals surface area contributed by atoms with E-state index in [0.29, 0.717) is 70.5 Å². The van der Waals surface area contributed by atoms with Gasteiger partial charge in [-0.05, 0) is 71.8 Å². The molecule has 50 heavy (non-hydrogen) atoms. The Labute approximate surface area is 290 Å². The first-order valence-electron chi connectivity index (χ1n) is 16.4. The molecule has 5 rings (SSSR count). The van der Waals surface area contributed by atoms with Gasteiger partial charge in [-0.15, -0.1) is 10.2 Å². The summed E-state index contributed by atoms with van der Waals surface area (Å²) in [5, 5.41) is 17.2. The maximum Gasteiger partial charge on any atom is 0.251 e. The highest BCUT2D eigenvalue weighted by atomic mass is 16.5. The molecule has 0 fully saturated rings. The van der Waals surface area contributed by atoms with Crippen LogP contribution < -0.4 is 40.3 Å². The molecule has 264 valence electrons. The van der Waals surface area contributed by atoms with Crippen molar-refractivity contribution in [3.63, 3.8) is 0 Å². The normalized spacial score (nSPS) is 14.6. The smallest absolute Gasteiger partial charge is 0.251 e. The lowest BCUT2D eigenvalue weighted by Crippen LogP contribution is -2.40. The molecule has 0 radical (unpaired) electrons. The Kier molecular flexibility index (Phi) is 10.9. The Bertz CT molecular complexity index is 1960. The summed E-state index contributed by atoms with van der Waals surface area (Å²) < 4.78 is 28.3. The summed E-state index contributed by atoms with van der Waals surface area (Å²) >= 11 is 0. The fourth-order valence-electron chi connectivity index (χ4n) is 6.27. The lowest BCUT2D eigenvalue weighted by atomic mass is 9.95. The predicted molar refractivity (Wildman–Crippen MR) is 189 cm³/mol. The SMILES string of the molecule is CCC(C)C(Nc1ccc2c(cc1=O)C(NC(C)=O)CCc1cc(OC)c(OC)c(OC)c1-2)C(=O)Nc1ccc(OC)c(-c2nnc(C)o2)c1. The van der Waals surface area contributed by atoms with Crippen molar-refractivity contribution in [2.24, 2.45) is 5.92 Å². The van der Waals surface area contributed by atoms with E-state index >= 15 is 0 Å². The molecule has 3 atom stereocenters. The number of fused-ring (bicyclic) bond motifs is 3. The first-order valence-corrected chi connectivity index (χ1v) is 16.4. The molecule has 1 aliphatic rings. The van der Waals surface area contributed by atoms with Crippen LogP contribution in [0.25, 0.3) is 22.6 Å². The highest BCUT2D eigenvalue weighted by molar-refractivity contribution is 5.97. The van der Waals surface area contributed by atoms with Crippen molar-refractivity contribution in [2.75, 3.05) is 39.1 Å². The van der Waals surface area contributed by atoms with Crippen LogP contribution in [0.3, 0.4) is 0 Å². The Morgan fingerprint density at radius 2 is 1.68 bits per heavy atom. The van der Waals surface area contributed by atoms with Crippen LogP contribution in [0.1, 0.15) is 56.7 Å². The lowest BCUT2D eigenvalue weighted by molar-refractivity contribution is -0.120. The number of nitrogens with one attached hydrogen (secondary N) is 3. The van der Waals surface area contributed by atoms with Gasteiger partial charge in [0, 0.05) is 25.1 Å². The molecule has 1 heterocycles. The van der Waals surface area contributed by atoms with Crippen LogP contribution in [-0.4, -0.2) is 56.5 Å². The molecule has 0 saturated heterocycles. The Morgan fingerprint density at radius 3 is 2.30 bits per heavy atom. The van der Waals surface area contributed by atoms with E-state index in [1.807, 2.05) is 26.0 Å². The molecule has 13 heteroatoms. The molecule has 3 unspecified atom stereocenters. The number of anilines is 2. The van der Waals surface area contributed by atoms with Crippen LogP contribution in [0.2, 0.25) is 0 Å². The van der Waals surface area contributed by atoms with Crippen molar-refractivity contribution >= 4 is 23.2 Å². The van der Waals surface area contributed by atoms with Gasteiger partial charge in [-0.1, -0.05) is 26.3 Å². The molecule has 0 spiro atoms. The minimum absolute atomic E-state index is 0.168. The molecule has 2 amide bonds. The number of benzene rings is 2. The van der Waals surface area contributed by atoms with E-state index < -0.39 is 12.1 Å². The molecule has 13 nitrogen and oxygen atoms in total. The highest BCUT2D eigenvalue weighted by Gasteiger charge is 2.31. The van der Waals surface area contributed by atoms with Gasteiger partial charge in [-0.25, -0.2) is 0 Å². The van der Waals surface area contributed by atoms with Gasteiger partial charge in [0.2, 0.25) is 28.9 Å². The Balaban J connectivity index is 1.57. The summed E-state index contributed by atoms with van der Waals surface area (Å²) in [4.78, 5) is 40.3. The summed E-state index contributed by atoms with van der Waals surface area (Å²) in [6, 6.07) is 10.8. The number of carbonyl (C=O) groups excluding carboxylic acids is 2. The van der Waals surface area contributed by atoms with Crippen molar-refractivity contribution in [1.82, 2.24) is 15.5 Å². The summed E-state index contributed by atoms with van der Waals surface area (Å²) in [5.41, 5.74) is 3.83. The highest BCUT2D eigenvalue weighted by Crippen LogP contribution is 2.50. The Morgan fingerprint density at radius 1 is 0.940 bits per heavy atom. The molecular weight excluding hydrogens is 642 g/mol. The van der Waals surface area contributed by atoms with Crippen LogP contribution in [-0.2, 0) is 16.0 Å². The number of nitrogens with zero attached hydrogens (tertiary/aromatic N) is 2. The van der Waals surface area contributed by atoms with Crippen molar-refractivity contribution in [3.8, 4) is 45.6 Å². The van der Waals surface area contributed by atoms with Gasteiger partial charge in [-0.2, -0.15) is 0 Å². The maximum absolute atomic E-state index is 14.0. The molecule has 3 N–H and O–H groups in total. The largest absolute Gasteiger partial charge is 0.496 e. The van der Waals surface area contributed by atoms with Gasteiger partial charge in [-0.3, -0.25) is 14.4 Å². The van der Waals surface area contributed by atoms with Gasteiger partial charge in [0.15, 0.2) is 11.5 Å². The molecule has 1 aliphatic carbocycles. The first-order chi connectivity index (χ1) is 24.0. The molecule has 1 aromatic heterocycles. The van der Waals surface area contributed by atoms with Gasteiger partial charge < -0.3 is 39.3 Å². The molecule has 0 saturated carbocycles. The molecule has 3 aromatic carbocycles.